The van der Waals surface area contributed by atoms with Gasteiger partial charge in [0.1, 0.15) is 5.56 Å². The Balaban J connectivity index is 1.78. The van der Waals surface area contributed by atoms with E-state index < -0.39 is 17.4 Å². The van der Waals surface area contributed by atoms with Crippen LogP contribution in [0.3, 0.4) is 0 Å². The van der Waals surface area contributed by atoms with Gasteiger partial charge in [0.25, 0.3) is 0 Å². The Morgan fingerprint density at radius 1 is 0.818 bits per heavy atom. The minimum atomic E-state index is -0.877. The molecule has 0 N–H and O–H groups in total. The summed E-state index contributed by atoms with van der Waals surface area (Å²) < 4.78 is 10.8. The van der Waals surface area contributed by atoms with Gasteiger partial charge in [0.15, 0.2) is 11.5 Å². The van der Waals surface area contributed by atoms with E-state index in [-0.39, 0.29) is 22.6 Å². The second kappa shape index (κ2) is 7.57. The molecule has 1 aliphatic heterocycles. The van der Waals surface area contributed by atoms with E-state index in [1.165, 1.54) is 12.1 Å². The third kappa shape index (κ3) is 3.83. The van der Waals surface area contributed by atoms with Crippen molar-refractivity contribution >= 4 is 23.1 Å². The highest BCUT2D eigenvalue weighted by Crippen LogP contribution is 2.46. The Morgan fingerprint density at radius 3 is 1.97 bits per heavy atom. The van der Waals surface area contributed by atoms with Crippen molar-refractivity contribution < 1.29 is 38.3 Å². The Hall–Kier alpha value is -3.42. The van der Waals surface area contributed by atoms with E-state index in [9.17, 15) is 9.59 Å². The lowest BCUT2D eigenvalue weighted by atomic mass is 9.70. The Labute approximate surface area is 191 Å². The Kier molecular flexibility index (Phi) is 5.22. The molecule has 0 spiro atoms. The van der Waals surface area contributed by atoms with Crippen LogP contribution in [0.2, 0.25) is 0 Å². The fraction of sp³-hybridized carbons (Fsp3) is 0.440. The molecule has 3 aromatic rings. The maximum atomic E-state index is 13.5. The molecule has 0 saturated carbocycles. The maximum Gasteiger partial charge on any atom is 0.390 e. The van der Waals surface area contributed by atoms with Crippen LogP contribution < -0.4 is 9.78 Å². The first kappa shape index (κ1) is 22.8. The van der Waals surface area contributed by atoms with Crippen LogP contribution >= 0.6 is 0 Å². The van der Waals surface area contributed by atoms with Crippen molar-refractivity contribution in [2.75, 3.05) is 0 Å². The summed E-state index contributed by atoms with van der Waals surface area (Å²) in [4.78, 5) is 45.9. The summed E-state index contributed by atoms with van der Waals surface area (Å²) in [5.74, 6) is -1.10. The fourth-order valence-corrected chi connectivity index (χ4v) is 4.21. The van der Waals surface area contributed by atoms with Gasteiger partial charge in [0, 0.05) is 17.2 Å². The van der Waals surface area contributed by atoms with Gasteiger partial charge in [-0.15, -0.1) is 0 Å². The van der Waals surface area contributed by atoms with Crippen LogP contribution in [0.15, 0.2) is 27.4 Å². The second-order valence-electron chi connectivity index (χ2n) is 10.6. The van der Waals surface area contributed by atoms with Crippen LogP contribution in [0.4, 0.5) is 0 Å². The van der Waals surface area contributed by atoms with Crippen molar-refractivity contribution in [1.82, 2.24) is 0 Å². The summed E-state index contributed by atoms with van der Waals surface area (Å²) in [5, 5.41) is 0. The molecule has 8 heteroatoms. The molecule has 0 aliphatic carbocycles. The Bertz CT molecular complexity index is 1240. The molecule has 2 aromatic carbocycles. The lowest BCUT2D eigenvalue weighted by molar-refractivity contribution is -0.188. The molecule has 1 aromatic heterocycles. The van der Waals surface area contributed by atoms with Gasteiger partial charge in [-0.3, -0.25) is 18.9 Å². The van der Waals surface area contributed by atoms with Gasteiger partial charge >= 0.3 is 11.9 Å². The van der Waals surface area contributed by atoms with Crippen LogP contribution in [0.1, 0.15) is 98.7 Å². The highest BCUT2D eigenvalue weighted by Gasteiger charge is 2.40. The Morgan fingerprint density at radius 2 is 1.42 bits per heavy atom. The number of fused-ring (bicyclic) bond motifs is 3. The summed E-state index contributed by atoms with van der Waals surface area (Å²) in [6.07, 6.45) is 0. The van der Waals surface area contributed by atoms with E-state index in [2.05, 4.69) is 0 Å². The van der Waals surface area contributed by atoms with Gasteiger partial charge in [0.2, 0.25) is 11.2 Å². The topological polar surface area (TPSA) is 97.3 Å². The lowest BCUT2D eigenvalue weighted by Gasteiger charge is -2.33. The second-order valence-corrected chi connectivity index (χ2v) is 10.6. The van der Waals surface area contributed by atoms with Crippen LogP contribution in [-0.4, -0.2) is 11.9 Å². The number of hydrogen-bond donors (Lipinski definition) is 0. The largest absolute Gasteiger partial charge is 0.390 e. The lowest BCUT2D eigenvalue weighted by Crippen LogP contribution is -2.29. The van der Waals surface area contributed by atoms with Gasteiger partial charge in [-0.05, 0) is 34.4 Å². The molecular formula is C25H28O8. The summed E-state index contributed by atoms with van der Waals surface area (Å²) in [7, 11) is 0. The first-order valence-corrected chi connectivity index (χ1v) is 10.8. The van der Waals surface area contributed by atoms with Crippen molar-refractivity contribution in [2.24, 2.45) is 0 Å². The number of hydrogen-bond acceptors (Lipinski definition) is 8. The zero-order valence-corrected chi connectivity index (χ0v) is 20.1. The number of carbonyl (C=O) groups is 2. The van der Waals surface area contributed by atoms with Gasteiger partial charge in [0.05, 0.1) is 5.56 Å². The highest BCUT2D eigenvalue weighted by molar-refractivity contribution is 6.01. The molecular weight excluding hydrogens is 428 g/mol. The summed E-state index contributed by atoms with van der Waals surface area (Å²) in [5.41, 5.74) is 2.99. The first-order chi connectivity index (χ1) is 15.3. The van der Waals surface area contributed by atoms with Gasteiger partial charge in [-0.25, -0.2) is 19.4 Å². The van der Waals surface area contributed by atoms with E-state index in [0.29, 0.717) is 28.0 Å². The maximum absolute atomic E-state index is 13.5. The monoisotopic (exact) mass is 456 g/mol. The molecule has 1 aliphatic rings. The molecule has 33 heavy (non-hydrogen) atoms. The SMILES string of the molecule is CC(C)c1c(C(=O)OOC(=O)c2ccc3cc2OO3)c(C(C)(C)C)c(C(C)(C)C)c2ooc12. The summed E-state index contributed by atoms with van der Waals surface area (Å²) in [6, 6.07) is 4.56. The molecule has 0 amide bonds. The number of carbonyl (C=O) groups excluding carboxylic acids is 2. The molecule has 2 heterocycles. The van der Waals surface area contributed by atoms with E-state index in [1.54, 1.807) is 6.07 Å². The standard InChI is InChI=1S/C25H28O8/c1-12(2)16-17(18(24(3,4)5)19(25(6,7)8)21-20(16)30-31-21)23(27)33-32-22(26)14-10-9-13-11-15(14)29-28-13/h9-12H,1-8H3. The molecule has 176 valence electrons. The van der Waals surface area contributed by atoms with Gasteiger partial charge < -0.3 is 0 Å². The molecule has 2 bridgehead atoms. The zero-order chi connectivity index (χ0) is 24.3. The van der Waals surface area contributed by atoms with Crippen LogP contribution in [0.5, 0.6) is 11.5 Å². The first-order valence-electron chi connectivity index (χ1n) is 10.8. The van der Waals surface area contributed by atoms with Crippen LogP contribution in [-0.2, 0) is 20.6 Å². The average Bonchev–Trinajstić information content (AvgIpc) is 3.04. The van der Waals surface area contributed by atoms with Crippen molar-refractivity contribution in [3.05, 3.63) is 46.0 Å². The zero-order valence-electron chi connectivity index (χ0n) is 20.1. The molecule has 0 unspecified atom stereocenters. The molecule has 0 fully saturated rings. The van der Waals surface area contributed by atoms with Gasteiger partial charge in [-0.1, -0.05) is 55.4 Å². The third-order valence-corrected chi connectivity index (χ3v) is 5.53. The van der Waals surface area contributed by atoms with Crippen molar-refractivity contribution in [3.8, 4) is 11.5 Å². The minimum absolute atomic E-state index is 0.0773. The average molecular weight is 456 g/mol. The predicted molar refractivity (Wildman–Crippen MR) is 118 cm³/mol. The molecule has 0 saturated heterocycles. The summed E-state index contributed by atoms with van der Waals surface area (Å²) in [6.45, 7) is 16.0. The third-order valence-electron chi connectivity index (χ3n) is 5.53. The smallest absolute Gasteiger partial charge is 0.290 e. The van der Waals surface area contributed by atoms with Crippen molar-refractivity contribution in [3.63, 3.8) is 0 Å². The van der Waals surface area contributed by atoms with Crippen LogP contribution in [0.25, 0.3) is 11.2 Å². The van der Waals surface area contributed by atoms with E-state index in [4.69, 9.17) is 28.7 Å². The highest BCUT2D eigenvalue weighted by atomic mass is 17.2. The minimum Gasteiger partial charge on any atom is -0.290 e. The number of benzene rings is 2. The van der Waals surface area contributed by atoms with E-state index in [0.717, 1.165) is 11.1 Å². The number of rotatable bonds is 3. The molecule has 0 atom stereocenters. The predicted octanol–water partition coefficient (Wildman–Crippen LogP) is 6.36. The van der Waals surface area contributed by atoms with Gasteiger partial charge in [-0.2, -0.15) is 0 Å². The molecule has 0 radical (unpaired) electrons. The molecule has 4 rings (SSSR count). The molecule has 8 nitrogen and oxygen atoms in total. The van der Waals surface area contributed by atoms with E-state index >= 15 is 0 Å². The normalized spacial score (nSPS) is 13.2. The van der Waals surface area contributed by atoms with Crippen LogP contribution in [0, 0.1) is 0 Å². The van der Waals surface area contributed by atoms with Crippen molar-refractivity contribution in [2.45, 2.75) is 72.1 Å². The quantitative estimate of drug-likeness (QED) is 0.332. The fourth-order valence-electron chi connectivity index (χ4n) is 4.21. The summed E-state index contributed by atoms with van der Waals surface area (Å²) >= 11 is 0. The van der Waals surface area contributed by atoms with E-state index in [1.807, 2.05) is 55.4 Å². The van der Waals surface area contributed by atoms with Crippen molar-refractivity contribution in [1.29, 1.82) is 0 Å².